The third-order valence-electron chi connectivity index (χ3n) is 4.87. The number of hydrogen-bond acceptors (Lipinski definition) is 4. The summed E-state index contributed by atoms with van der Waals surface area (Å²) in [6.07, 6.45) is 2.64. The summed E-state index contributed by atoms with van der Waals surface area (Å²) in [5.74, 6) is 0.0207. The molecule has 3 rings (SSSR count). The zero-order valence-corrected chi connectivity index (χ0v) is 16.1. The SMILES string of the molecule is CC(C)N1CCC[C@](F)(CNC(=O)c2cc(Oc3ccc(F)cc3)ccn2)C1. The van der Waals surface area contributed by atoms with Crippen LogP contribution in [0.1, 0.15) is 37.2 Å². The Hall–Kier alpha value is -2.54. The van der Waals surface area contributed by atoms with Gasteiger partial charge in [-0.15, -0.1) is 0 Å². The number of piperidine rings is 1. The lowest BCUT2D eigenvalue weighted by atomic mass is 9.93. The summed E-state index contributed by atoms with van der Waals surface area (Å²) in [7, 11) is 0. The zero-order valence-electron chi connectivity index (χ0n) is 16.1. The van der Waals surface area contributed by atoms with Crippen molar-refractivity contribution in [2.45, 2.75) is 38.4 Å². The average Bonchev–Trinajstić information content (AvgIpc) is 2.68. The van der Waals surface area contributed by atoms with Gasteiger partial charge in [-0.25, -0.2) is 8.78 Å². The Morgan fingerprint density at radius 2 is 2.04 bits per heavy atom. The Labute approximate surface area is 163 Å². The van der Waals surface area contributed by atoms with Crippen molar-refractivity contribution >= 4 is 5.91 Å². The highest BCUT2D eigenvalue weighted by Crippen LogP contribution is 2.26. The standard InChI is InChI=1S/C21H25F2N3O2/c1-15(2)26-11-3-9-21(23,14-26)13-25-20(27)19-12-18(8-10-24-19)28-17-6-4-16(22)5-7-17/h4-8,10,12,15H,3,9,11,13-14H2,1-2H3,(H,25,27)/t21-/m0/s1. The maximum Gasteiger partial charge on any atom is 0.270 e. The van der Waals surface area contributed by atoms with Gasteiger partial charge >= 0.3 is 0 Å². The lowest BCUT2D eigenvalue weighted by Gasteiger charge is -2.39. The van der Waals surface area contributed by atoms with E-state index in [0.717, 1.165) is 13.0 Å². The summed E-state index contributed by atoms with van der Waals surface area (Å²) in [6, 6.07) is 8.90. The highest BCUT2D eigenvalue weighted by molar-refractivity contribution is 5.92. The van der Waals surface area contributed by atoms with Crippen LogP contribution in [0.25, 0.3) is 0 Å². The number of nitrogens with one attached hydrogen (secondary N) is 1. The summed E-state index contributed by atoms with van der Waals surface area (Å²) in [4.78, 5) is 18.6. The molecular formula is C21H25F2N3O2. The molecule has 1 N–H and O–H groups in total. The highest BCUT2D eigenvalue weighted by Gasteiger charge is 2.36. The number of carbonyl (C=O) groups excluding carboxylic acids is 1. The van der Waals surface area contributed by atoms with Crippen molar-refractivity contribution < 1.29 is 18.3 Å². The molecule has 0 radical (unpaired) electrons. The van der Waals surface area contributed by atoms with Crippen LogP contribution in [0.2, 0.25) is 0 Å². The molecule has 7 heteroatoms. The summed E-state index contributed by atoms with van der Waals surface area (Å²) in [5, 5.41) is 2.66. The van der Waals surface area contributed by atoms with Gasteiger partial charge in [0.2, 0.25) is 0 Å². The van der Waals surface area contributed by atoms with E-state index in [4.69, 9.17) is 4.74 Å². The molecule has 1 aliphatic heterocycles. The van der Waals surface area contributed by atoms with E-state index in [1.807, 2.05) is 13.8 Å². The predicted octanol–water partition coefficient (Wildman–Crippen LogP) is 3.96. The van der Waals surface area contributed by atoms with Crippen LogP contribution in [-0.4, -0.2) is 47.1 Å². The molecule has 2 aromatic rings. The van der Waals surface area contributed by atoms with Crippen molar-refractivity contribution in [3.63, 3.8) is 0 Å². The van der Waals surface area contributed by atoms with Crippen molar-refractivity contribution in [1.29, 1.82) is 0 Å². The fraction of sp³-hybridized carbons (Fsp3) is 0.429. The molecule has 0 spiro atoms. The Morgan fingerprint density at radius 1 is 1.29 bits per heavy atom. The number of amides is 1. The molecule has 1 aromatic carbocycles. The number of aromatic nitrogens is 1. The number of hydrogen-bond donors (Lipinski definition) is 1. The van der Waals surface area contributed by atoms with Gasteiger partial charge in [-0.3, -0.25) is 14.7 Å². The number of likely N-dealkylation sites (tertiary alicyclic amines) is 1. The smallest absolute Gasteiger partial charge is 0.270 e. The van der Waals surface area contributed by atoms with Gasteiger partial charge < -0.3 is 10.1 Å². The summed E-state index contributed by atoms with van der Waals surface area (Å²) in [5.41, 5.74) is -1.31. The molecule has 1 aliphatic rings. The lowest BCUT2D eigenvalue weighted by Crippen LogP contribution is -2.53. The van der Waals surface area contributed by atoms with Gasteiger partial charge in [0.15, 0.2) is 0 Å². The molecule has 1 aromatic heterocycles. The molecule has 1 saturated heterocycles. The first-order chi connectivity index (χ1) is 13.3. The van der Waals surface area contributed by atoms with Crippen LogP contribution in [0.4, 0.5) is 8.78 Å². The van der Waals surface area contributed by atoms with Crippen LogP contribution >= 0.6 is 0 Å². The van der Waals surface area contributed by atoms with Gasteiger partial charge in [0.25, 0.3) is 5.91 Å². The van der Waals surface area contributed by atoms with E-state index >= 15 is 4.39 Å². The second-order valence-electron chi connectivity index (χ2n) is 7.43. The molecule has 0 aliphatic carbocycles. The van der Waals surface area contributed by atoms with Crippen molar-refractivity contribution in [1.82, 2.24) is 15.2 Å². The van der Waals surface area contributed by atoms with Gasteiger partial charge in [0, 0.05) is 24.8 Å². The maximum atomic E-state index is 15.1. The van der Waals surface area contributed by atoms with Crippen LogP contribution < -0.4 is 10.1 Å². The van der Waals surface area contributed by atoms with Crippen molar-refractivity contribution in [2.75, 3.05) is 19.6 Å². The quantitative estimate of drug-likeness (QED) is 0.813. The average molecular weight is 389 g/mol. The zero-order chi connectivity index (χ0) is 20.1. The molecule has 1 amide bonds. The summed E-state index contributed by atoms with van der Waals surface area (Å²) in [6.45, 7) is 5.22. The van der Waals surface area contributed by atoms with Crippen LogP contribution in [0, 0.1) is 5.82 Å². The molecule has 0 bridgehead atoms. The van der Waals surface area contributed by atoms with E-state index < -0.39 is 11.6 Å². The number of halogens is 2. The Morgan fingerprint density at radius 3 is 2.75 bits per heavy atom. The van der Waals surface area contributed by atoms with Gasteiger partial charge in [0.05, 0.1) is 6.54 Å². The third kappa shape index (κ3) is 5.25. The second kappa shape index (κ2) is 8.65. The van der Waals surface area contributed by atoms with E-state index in [2.05, 4.69) is 15.2 Å². The molecule has 1 fully saturated rings. The lowest BCUT2D eigenvalue weighted by molar-refractivity contribution is 0.0293. The molecule has 150 valence electrons. The van der Waals surface area contributed by atoms with Crippen molar-refractivity contribution in [3.05, 3.63) is 54.1 Å². The van der Waals surface area contributed by atoms with Gasteiger partial charge in [-0.2, -0.15) is 0 Å². The number of alkyl halides is 1. The largest absolute Gasteiger partial charge is 0.457 e. The molecular weight excluding hydrogens is 364 g/mol. The van der Waals surface area contributed by atoms with Crippen LogP contribution in [0.5, 0.6) is 11.5 Å². The summed E-state index contributed by atoms with van der Waals surface area (Å²) < 4.78 is 33.7. The normalized spacial score (nSPS) is 20.2. The number of benzene rings is 1. The molecule has 1 atom stereocenters. The van der Waals surface area contributed by atoms with E-state index in [9.17, 15) is 9.18 Å². The fourth-order valence-corrected chi connectivity index (χ4v) is 3.27. The first-order valence-corrected chi connectivity index (χ1v) is 9.45. The number of rotatable bonds is 6. The van der Waals surface area contributed by atoms with Crippen LogP contribution in [0.3, 0.4) is 0 Å². The van der Waals surface area contributed by atoms with Crippen LogP contribution in [-0.2, 0) is 0 Å². The highest BCUT2D eigenvalue weighted by atomic mass is 19.1. The summed E-state index contributed by atoms with van der Waals surface area (Å²) >= 11 is 0. The third-order valence-corrected chi connectivity index (χ3v) is 4.87. The monoisotopic (exact) mass is 389 g/mol. The predicted molar refractivity (Wildman–Crippen MR) is 103 cm³/mol. The van der Waals surface area contributed by atoms with E-state index in [-0.39, 0.29) is 24.1 Å². The van der Waals surface area contributed by atoms with E-state index in [0.29, 0.717) is 24.5 Å². The Kier molecular flexibility index (Phi) is 6.24. The van der Waals surface area contributed by atoms with Crippen molar-refractivity contribution in [2.24, 2.45) is 0 Å². The van der Waals surface area contributed by atoms with Gasteiger partial charge in [-0.05, 0) is 63.6 Å². The number of nitrogens with zero attached hydrogens (tertiary/aromatic N) is 2. The topological polar surface area (TPSA) is 54.5 Å². The van der Waals surface area contributed by atoms with E-state index in [1.165, 1.54) is 36.5 Å². The molecule has 28 heavy (non-hydrogen) atoms. The first-order valence-electron chi connectivity index (χ1n) is 9.45. The van der Waals surface area contributed by atoms with Crippen molar-refractivity contribution in [3.8, 4) is 11.5 Å². The van der Waals surface area contributed by atoms with Gasteiger partial charge in [-0.1, -0.05) is 0 Å². The van der Waals surface area contributed by atoms with Gasteiger partial charge in [0.1, 0.15) is 28.7 Å². The number of carbonyl (C=O) groups is 1. The van der Waals surface area contributed by atoms with E-state index in [1.54, 1.807) is 6.07 Å². The molecule has 0 unspecified atom stereocenters. The number of ether oxygens (including phenoxy) is 1. The number of pyridine rings is 1. The minimum Gasteiger partial charge on any atom is -0.457 e. The molecule has 2 heterocycles. The van der Waals surface area contributed by atoms with Crippen LogP contribution in [0.15, 0.2) is 42.6 Å². The Balaban J connectivity index is 1.60. The first kappa shape index (κ1) is 20.2. The minimum atomic E-state index is -1.44. The minimum absolute atomic E-state index is 0.0558. The Bertz CT molecular complexity index is 814. The fourth-order valence-electron chi connectivity index (χ4n) is 3.27. The molecule has 0 saturated carbocycles. The molecule has 5 nitrogen and oxygen atoms in total. The maximum absolute atomic E-state index is 15.1. The second-order valence-corrected chi connectivity index (χ2v) is 7.43.